The Morgan fingerprint density at radius 1 is 1.05 bits per heavy atom. The fraction of sp³-hybridized carbons (Fsp3) is 0.321. The summed E-state index contributed by atoms with van der Waals surface area (Å²) in [6, 6.07) is 12.2. The third-order valence-electron chi connectivity index (χ3n) is 6.71. The lowest BCUT2D eigenvalue weighted by Gasteiger charge is -2.41. The average Bonchev–Trinajstić information content (AvgIpc) is 2.89. The molecule has 198 valence electrons. The van der Waals surface area contributed by atoms with E-state index in [9.17, 15) is 18.3 Å². The van der Waals surface area contributed by atoms with Crippen LogP contribution in [0.25, 0.3) is 22.0 Å². The van der Waals surface area contributed by atoms with Crippen LogP contribution in [-0.4, -0.2) is 39.5 Å². The number of fused-ring (bicyclic) bond motifs is 1. The van der Waals surface area contributed by atoms with Crippen molar-refractivity contribution in [3.63, 3.8) is 0 Å². The molecule has 0 radical (unpaired) electrons. The van der Waals surface area contributed by atoms with Crippen LogP contribution in [0.4, 0.5) is 19.0 Å². The highest BCUT2D eigenvalue weighted by Crippen LogP contribution is 2.40. The molecule has 2 aromatic heterocycles. The van der Waals surface area contributed by atoms with Crippen molar-refractivity contribution < 1.29 is 27.8 Å². The maximum atomic E-state index is 13.6. The molecule has 4 aromatic rings. The van der Waals surface area contributed by atoms with E-state index in [1.54, 1.807) is 49.8 Å². The highest BCUT2D eigenvalue weighted by Gasteiger charge is 2.38. The molecule has 2 aromatic carbocycles. The predicted molar refractivity (Wildman–Crippen MR) is 137 cm³/mol. The Morgan fingerprint density at radius 3 is 2.50 bits per heavy atom. The summed E-state index contributed by atoms with van der Waals surface area (Å²) < 4.78 is 51.8. The molecule has 7 nitrogen and oxygen atoms in total. The Labute approximate surface area is 217 Å². The number of nitrogens with one attached hydrogen (secondary N) is 1. The smallest absolute Gasteiger partial charge is 0.416 e. The summed E-state index contributed by atoms with van der Waals surface area (Å²) in [6.07, 6.45) is 0.107. The molecule has 1 saturated carbocycles. The molecule has 0 spiro atoms. The molecule has 0 bridgehead atoms. The van der Waals surface area contributed by atoms with Gasteiger partial charge in [-0.2, -0.15) is 13.2 Å². The molecule has 1 fully saturated rings. The first-order chi connectivity index (χ1) is 18.1. The minimum Gasteiger partial charge on any atom is -0.497 e. The molecular formula is C28H27F3N4O3. The molecule has 2 N–H and O–H groups in total. The second-order valence-electron chi connectivity index (χ2n) is 9.82. The quantitative estimate of drug-likeness (QED) is 0.298. The minimum absolute atomic E-state index is 0.0421. The number of aliphatic hydroxyl groups is 1. The van der Waals surface area contributed by atoms with Crippen molar-refractivity contribution in [1.82, 2.24) is 15.2 Å². The molecule has 0 aliphatic heterocycles. The Bertz CT molecular complexity index is 1430. The van der Waals surface area contributed by atoms with Crippen LogP contribution in [0.1, 0.15) is 30.9 Å². The van der Waals surface area contributed by atoms with Crippen molar-refractivity contribution in [2.75, 3.05) is 19.0 Å². The maximum absolute atomic E-state index is 13.6. The topological polar surface area (TPSA) is 89.4 Å². The predicted octanol–water partition coefficient (Wildman–Crippen LogP) is 5.87. The van der Waals surface area contributed by atoms with Gasteiger partial charge < -0.3 is 19.9 Å². The lowest BCUT2D eigenvalue weighted by molar-refractivity contribution is -0.137. The summed E-state index contributed by atoms with van der Waals surface area (Å²) in [5.74, 6) is 1.54. The Balaban J connectivity index is 1.48. The molecule has 2 heterocycles. The zero-order chi connectivity index (χ0) is 26.9. The van der Waals surface area contributed by atoms with Crippen LogP contribution in [0.5, 0.6) is 11.5 Å². The van der Waals surface area contributed by atoms with Gasteiger partial charge in [-0.25, -0.2) is 0 Å². The van der Waals surface area contributed by atoms with Gasteiger partial charge in [0.25, 0.3) is 0 Å². The van der Waals surface area contributed by atoms with Crippen LogP contribution < -0.4 is 14.8 Å². The van der Waals surface area contributed by atoms with E-state index in [0.29, 0.717) is 58.9 Å². The number of alkyl halides is 3. The minimum atomic E-state index is -4.53. The number of anilines is 1. The van der Waals surface area contributed by atoms with Crippen molar-refractivity contribution in [1.29, 1.82) is 0 Å². The van der Waals surface area contributed by atoms with Crippen LogP contribution in [0, 0.1) is 5.92 Å². The first-order valence-corrected chi connectivity index (χ1v) is 12.2. The molecule has 1 aliphatic carbocycles. The summed E-state index contributed by atoms with van der Waals surface area (Å²) >= 11 is 0. The van der Waals surface area contributed by atoms with E-state index in [4.69, 9.17) is 9.47 Å². The summed E-state index contributed by atoms with van der Waals surface area (Å²) in [4.78, 5) is 4.21. The number of ether oxygens (including phenoxy) is 2. The monoisotopic (exact) mass is 524 g/mol. The summed E-state index contributed by atoms with van der Waals surface area (Å²) in [7, 11) is 1.56. The van der Waals surface area contributed by atoms with Crippen LogP contribution in [-0.2, 0) is 12.8 Å². The van der Waals surface area contributed by atoms with Crippen LogP contribution in [0.2, 0.25) is 0 Å². The first-order valence-electron chi connectivity index (χ1n) is 12.2. The van der Waals surface area contributed by atoms with E-state index >= 15 is 0 Å². The second kappa shape index (κ2) is 10.1. The van der Waals surface area contributed by atoms with Gasteiger partial charge in [-0.1, -0.05) is 12.1 Å². The summed E-state index contributed by atoms with van der Waals surface area (Å²) in [6.45, 7) is 2.48. The number of halogens is 3. The molecule has 0 amide bonds. The highest BCUT2D eigenvalue weighted by atomic mass is 19.4. The van der Waals surface area contributed by atoms with E-state index in [1.807, 2.05) is 6.92 Å². The van der Waals surface area contributed by atoms with Gasteiger partial charge in [-0.15, -0.1) is 10.2 Å². The number of hydrogen-bond donors (Lipinski definition) is 2. The van der Waals surface area contributed by atoms with E-state index < -0.39 is 17.3 Å². The van der Waals surface area contributed by atoms with Crippen molar-refractivity contribution in [2.45, 2.75) is 38.1 Å². The van der Waals surface area contributed by atoms with Crippen molar-refractivity contribution in [3.05, 3.63) is 72.1 Å². The van der Waals surface area contributed by atoms with Gasteiger partial charge in [0, 0.05) is 35.3 Å². The third kappa shape index (κ3) is 5.50. The van der Waals surface area contributed by atoms with Gasteiger partial charge in [0.1, 0.15) is 23.8 Å². The molecule has 0 unspecified atom stereocenters. The normalized spacial score (nSPS) is 19.2. The van der Waals surface area contributed by atoms with Gasteiger partial charge in [-0.3, -0.25) is 4.98 Å². The van der Waals surface area contributed by atoms with E-state index in [-0.39, 0.29) is 12.4 Å². The second-order valence-corrected chi connectivity index (χ2v) is 9.82. The number of benzene rings is 2. The van der Waals surface area contributed by atoms with Gasteiger partial charge in [0.05, 0.1) is 18.3 Å². The van der Waals surface area contributed by atoms with Crippen molar-refractivity contribution in [3.8, 4) is 22.8 Å². The van der Waals surface area contributed by atoms with E-state index in [1.165, 1.54) is 6.07 Å². The molecule has 5 rings (SSSR count). The molecule has 0 atom stereocenters. The summed E-state index contributed by atoms with van der Waals surface area (Å²) in [5, 5.41) is 23.4. The molecule has 0 saturated heterocycles. The van der Waals surface area contributed by atoms with E-state index in [2.05, 4.69) is 20.5 Å². The fourth-order valence-corrected chi connectivity index (χ4v) is 4.79. The van der Waals surface area contributed by atoms with Gasteiger partial charge >= 0.3 is 6.18 Å². The van der Waals surface area contributed by atoms with Gasteiger partial charge in [0.2, 0.25) is 0 Å². The number of pyridine rings is 1. The Hall–Kier alpha value is -3.92. The third-order valence-corrected chi connectivity index (χ3v) is 6.71. The Morgan fingerprint density at radius 2 is 1.82 bits per heavy atom. The fourth-order valence-electron chi connectivity index (χ4n) is 4.79. The Kier molecular flexibility index (Phi) is 6.83. The SMILES string of the molecule is COc1ccc(COc2cc(C(F)(F)F)ccc2-c2nnc(NC[C@H]3C[C@@](C)(O)C3)c3cnccc23)cc1. The molecular weight excluding hydrogens is 497 g/mol. The van der Waals surface area contributed by atoms with Crippen LogP contribution in [0.15, 0.2) is 60.9 Å². The zero-order valence-corrected chi connectivity index (χ0v) is 20.9. The zero-order valence-electron chi connectivity index (χ0n) is 20.9. The molecule has 10 heteroatoms. The lowest BCUT2D eigenvalue weighted by atomic mass is 9.72. The van der Waals surface area contributed by atoms with Crippen molar-refractivity contribution >= 4 is 16.6 Å². The van der Waals surface area contributed by atoms with Crippen LogP contribution >= 0.6 is 0 Å². The van der Waals surface area contributed by atoms with Gasteiger partial charge in [0.15, 0.2) is 5.82 Å². The maximum Gasteiger partial charge on any atom is 0.416 e. The first kappa shape index (κ1) is 25.7. The standard InChI is InChI=1S/C28H27F3N4O3/c1-27(36)12-18(13-27)14-33-26-23-15-32-10-9-21(23)25(34-35-26)22-8-5-19(28(29,30)31)11-24(22)38-16-17-3-6-20(37-2)7-4-17/h3-11,15,18,36H,12-14,16H2,1-2H3,(H,33,35)/t18-,27+. The van der Waals surface area contributed by atoms with E-state index in [0.717, 1.165) is 17.7 Å². The largest absolute Gasteiger partial charge is 0.497 e. The van der Waals surface area contributed by atoms with Gasteiger partial charge in [-0.05, 0) is 67.6 Å². The van der Waals surface area contributed by atoms with Crippen LogP contribution in [0.3, 0.4) is 0 Å². The lowest BCUT2D eigenvalue weighted by Crippen LogP contribution is -2.43. The molecule has 38 heavy (non-hydrogen) atoms. The number of nitrogens with zero attached hydrogens (tertiary/aromatic N) is 3. The van der Waals surface area contributed by atoms with Crippen molar-refractivity contribution in [2.24, 2.45) is 5.92 Å². The average molecular weight is 525 g/mol. The molecule has 1 aliphatic rings. The number of aromatic nitrogens is 3. The summed E-state index contributed by atoms with van der Waals surface area (Å²) in [5.41, 5.74) is 0.0919. The number of rotatable bonds is 8. The highest BCUT2D eigenvalue weighted by molar-refractivity contribution is 6.00. The number of methoxy groups -OCH3 is 1. The number of hydrogen-bond acceptors (Lipinski definition) is 7.